The van der Waals surface area contributed by atoms with Crippen molar-refractivity contribution in [2.45, 2.75) is 184 Å². The van der Waals surface area contributed by atoms with Crippen LogP contribution in [0.1, 0.15) is 185 Å². The van der Waals surface area contributed by atoms with Gasteiger partial charge in [-0.2, -0.15) is 6.08 Å². The third kappa shape index (κ3) is 11.6. The minimum atomic E-state index is -3.04. The van der Waals surface area contributed by atoms with Crippen LogP contribution in [-0.4, -0.2) is 8.07 Å². The smallest absolute Gasteiger partial charge is 1.00 e. The van der Waals surface area contributed by atoms with E-state index in [2.05, 4.69) is 212 Å². The van der Waals surface area contributed by atoms with E-state index < -0.39 is 8.07 Å². The molecule has 5 heteroatoms. The summed E-state index contributed by atoms with van der Waals surface area (Å²) in [4.78, 5) is 0. The molecule has 0 fully saturated rings. The van der Waals surface area contributed by atoms with E-state index in [4.69, 9.17) is 0 Å². The van der Waals surface area contributed by atoms with Crippen LogP contribution in [-0.2, 0) is 54.2 Å². The fourth-order valence-corrected chi connectivity index (χ4v) is 13.1. The Morgan fingerprint density at radius 1 is 0.357 bits per heavy atom. The molecule has 0 bridgehead atoms. The molecule has 0 aliphatic heterocycles. The summed E-state index contributed by atoms with van der Waals surface area (Å²) in [7, 11) is -3.04. The van der Waals surface area contributed by atoms with Crippen molar-refractivity contribution in [2.75, 3.05) is 0 Å². The van der Waals surface area contributed by atoms with Crippen LogP contribution in [0.3, 0.4) is 0 Å². The molecule has 3 aromatic rings. The standard InChI is InChI=1S/C51H75Si.3ClH.Ti/c1-45(2,3)34-25-35(46(4,5)6)29-40(28-34)52(44-24-22-23-43(44)51(19,20)21,41-30-36(47(7,8)9)26-37(31-41)48(10,11)12)42-32-38(49(13,14)15)27-39(33-42)50(16,17)18;;;;/h22,25-33H,24H2,1-21H3;3*1H;/q-1;;;;+4/p-3. The third-order valence-electron chi connectivity index (χ3n) is 11.4. The normalized spacial score (nSPS) is 14.4. The fourth-order valence-electron chi connectivity index (χ4n) is 7.61. The van der Waals surface area contributed by atoms with Crippen molar-refractivity contribution in [2.24, 2.45) is 5.41 Å². The van der Waals surface area contributed by atoms with E-state index in [9.17, 15) is 0 Å². The second-order valence-corrected chi connectivity index (χ2v) is 27.1. The second-order valence-electron chi connectivity index (χ2n) is 23.3. The SMILES string of the molecule is CC(C)(C)C1=C([Si](c2cc(C(C)(C)C)cc(C(C)(C)C)c2)(c2cc(C(C)(C)C)cc(C(C)(C)C)c2)c2cc(C(C)(C)C)cc(C(C)(C)C)c2)CC=[C-]1.[Cl-].[Cl-].[Cl-].[Ti+4]. The minimum Gasteiger partial charge on any atom is -1.00 e. The van der Waals surface area contributed by atoms with E-state index in [0.717, 1.165) is 6.42 Å². The van der Waals surface area contributed by atoms with E-state index in [0.29, 0.717) is 0 Å². The van der Waals surface area contributed by atoms with Crippen molar-refractivity contribution in [3.63, 3.8) is 0 Å². The van der Waals surface area contributed by atoms with Crippen molar-refractivity contribution in [1.29, 1.82) is 0 Å². The summed E-state index contributed by atoms with van der Waals surface area (Å²) in [6.45, 7) is 50.2. The van der Waals surface area contributed by atoms with Gasteiger partial charge in [-0.15, -0.1) is 0 Å². The molecule has 0 nitrogen and oxygen atoms in total. The zero-order valence-electron chi connectivity index (χ0n) is 39.1. The summed E-state index contributed by atoms with van der Waals surface area (Å²) in [6.07, 6.45) is 7.20. The maximum Gasteiger partial charge on any atom is 4.00 e. The molecule has 0 aromatic heterocycles. The topological polar surface area (TPSA) is 0 Å². The molecule has 1 aliphatic rings. The molecular formula is C51H75Cl3SiTi. The Morgan fingerprint density at radius 3 is 0.750 bits per heavy atom. The van der Waals surface area contributed by atoms with E-state index in [1.807, 2.05) is 0 Å². The molecule has 4 rings (SSSR count). The van der Waals surface area contributed by atoms with Gasteiger partial charge in [0, 0.05) is 0 Å². The van der Waals surface area contributed by atoms with E-state index in [1.165, 1.54) is 54.5 Å². The number of hydrogen-bond donors (Lipinski definition) is 0. The third-order valence-corrected chi connectivity index (χ3v) is 16.2. The first-order valence-electron chi connectivity index (χ1n) is 20.0. The van der Waals surface area contributed by atoms with Gasteiger partial charge in [-0.25, -0.2) is 10.8 Å². The molecule has 0 amide bonds. The Bertz CT molecular complexity index is 1600. The first-order chi connectivity index (χ1) is 23.2. The first-order valence-corrected chi connectivity index (χ1v) is 22.0. The summed E-state index contributed by atoms with van der Waals surface area (Å²) in [5.41, 5.74) is 9.82. The fraction of sp³-hybridized carbons (Fsp3) is 0.569. The number of hydrogen-bond acceptors (Lipinski definition) is 0. The van der Waals surface area contributed by atoms with Gasteiger partial charge in [0.2, 0.25) is 0 Å². The maximum absolute atomic E-state index is 3.92. The molecule has 3 aromatic carbocycles. The molecular weight excluding hydrogens is 795 g/mol. The average Bonchev–Trinajstić information content (AvgIpc) is 3.46. The quantitative estimate of drug-likeness (QED) is 0.214. The van der Waals surface area contributed by atoms with Gasteiger partial charge in [-0.05, 0) is 71.3 Å². The molecule has 1 aliphatic carbocycles. The summed E-state index contributed by atoms with van der Waals surface area (Å²) < 4.78 is 0. The van der Waals surface area contributed by atoms with Gasteiger partial charge in [-0.1, -0.05) is 222 Å². The molecule has 0 heterocycles. The van der Waals surface area contributed by atoms with Crippen LogP contribution in [0.25, 0.3) is 0 Å². The zero-order chi connectivity index (χ0) is 39.8. The average molecular weight is 870 g/mol. The zero-order valence-corrected chi connectivity index (χ0v) is 43.9. The summed E-state index contributed by atoms with van der Waals surface area (Å²) in [5.74, 6) is 0. The molecule has 56 heavy (non-hydrogen) atoms. The molecule has 0 atom stereocenters. The van der Waals surface area contributed by atoms with Gasteiger partial charge >= 0.3 is 21.7 Å². The molecule has 308 valence electrons. The molecule has 0 saturated heterocycles. The van der Waals surface area contributed by atoms with Gasteiger partial charge in [0.15, 0.2) is 0 Å². The van der Waals surface area contributed by atoms with Crippen LogP contribution in [0, 0.1) is 11.5 Å². The van der Waals surface area contributed by atoms with Crippen LogP contribution in [0.5, 0.6) is 0 Å². The summed E-state index contributed by atoms with van der Waals surface area (Å²) >= 11 is 0. The van der Waals surface area contributed by atoms with Crippen LogP contribution in [0.2, 0.25) is 0 Å². The molecule has 0 N–H and O–H groups in total. The molecule has 0 saturated carbocycles. The predicted molar refractivity (Wildman–Crippen MR) is 235 cm³/mol. The predicted octanol–water partition coefficient (Wildman–Crippen LogP) is 3.60. The van der Waals surface area contributed by atoms with Crippen molar-refractivity contribution in [3.8, 4) is 0 Å². The van der Waals surface area contributed by atoms with Crippen molar-refractivity contribution >= 4 is 23.6 Å². The Labute approximate surface area is 380 Å². The van der Waals surface area contributed by atoms with Gasteiger partial charge < -0.3 is 37.2 Å². The van der Waals surface area contributed by atoms with Crippen LogP contribution in [0.15, 0.2) is 71.4 Å². The van der Waals surface area contributed by atoms with Crippen LogP contribution < -0.4 is 52.8 Å². The van der Waals surface area contributed by atoms with Crippen LogP contribution in [0.4, 0.5) is 0 Å². The summed E-state index contributed by atoms with van der Waals surface area (Å²) in [5, 5.41) is 6.13. The molecule has 0 radical (unpaired) electrons. The van der Waals surface area contributed by atoms with E-state index in [-0.39, 0.29) is 96.8 Å². The Morgan fingerprint density at radius 2 is 0.571 bits per heavy atom. The number of rotatable bonds is 4. The number of allylic oxidation sites excluding steroid dienone is 4. The molecule has 0 unspecified atom stereocenters. The van der Waals surface area contributed by atoms with Gasteiger partial charge in [-0.3, -0.25) is 6.08 Å². The maximum atomic E-state index is 3.92. The van der Waals surface area contributed by atoms with Gasteiger partial charge in [0.05, 0.1) is 8.07 Å². The van der Waals surface area contributed by atoms with Crippen LogP contribution >= 0.6 is 0 Å². The van der Waals surface area contributed by atoms with E-state index in [1.54, 1.807) is 5.20 Å². The molecule has 0 spiro atoms. The minimum absolute atomic E-state index is 0. The Balaban J connectivity index is 0.00000756. The van der Waals surface area contributed by atoms with Gasteiger partial charge in [0.25, 0.3) is 0 Å². The van der Waals surface area contributed by atoms with Crippen molar-refractivity contribution in [1.82, 2.24) is 0 Å². The monoisotopic (exact) mass is 868 g/mol. The van der Waals surface area contributed by atoms with Gasteiger partial charge in [0.1, 0.15) is 0 Å². The number of benzene rings is 3. The number of halogens is 3. The van der Waals surface area contributed by atoms with Crippen molar-refractivity contribution < 1.29 is 58.9 Å². The second kappa shape index (κ2) is 17.9. The first kappa shape index (κ1) is 54.9. The largest absolute Gasteiger partial charge is 4.00 e. The van der Waals surface area contributed by atoms with E-state index >= 15 is 0 Å². The van der Waals surface area contributed by atoms with Crippen molar-refractivity contribution in [3.05, 3.63) is 111 Å². The Kier molecular flexibility index (Phi) is 17.5. The summed E-state index contributed by atoms with van der Waals surface area (Å²) in [6, 6.07) is 23.4. The Hall–Kier alpha value is -1.06.